The summed E-state index contributed by atoms with van der Waals surface area (Å²) in [5.74, 6) is 0.488. The largest absolute Gasteiger partial charge is 0.355 e. The molecule has 36 heavy (non-hydrogen) atoms. The number of anilines is 2. The van der Waals surface area contributed by atoms with E-state index < -0.39 is 10.0 Å². The van der Waals surface area contributed by atoms with Crippen molar-refractivity contribution in [3.8, 4) is 0 Å². The second-order valence-corrected chi connectivity index (χ2v) is 12.2. The fraction of sp³-hybridized carbons (Fsp3) is 0.500. The molecule has 1 unspecified atom stereocenters. The van der Waals surface area contributed by atoms with Crippen molar-refractivity contribution in [2.75, 3.05) is 54.2 Å². The van der Waals surface area contributed by atoms with E-state index in [-0.39, 0.29) is 29.4 Å². The number of aryl methyl sites for hydroxylation is 2. The summed E-state index contributed by atoms with van der Waals surface area (Å²) in [5, 5.41) is 2.88. The number of aromatic nitrogens is 1. The number of amides is 2. The summed E-state index contributed by atoms with van der Waals surface area (Å²) in [7, 11) is -3.50. The molecule has 3 aliphatic rings. The Morgan fingerprint density at radius 1 is 1.08 bits per heavy atom. The first-order valence-electron chi connectivity index (χ1n) is 12.6. The van der Waals surface area contributed by atoms with Crippen LogP contribution in [0, 0.1) is 19.8 Å². The lowest BCUT2D eigenvalue weighted by Gasteiger charge is -2.36. The van der Waals surface area contributed by atoms with Gasteiger partial charge in [0.2, 0.25) is 15.9 Å². The first-order chi connectivity index (χ1) is 17.2. The second kappa shape index (κ2) is 9.38. The summed E-state index contributed by atoms with van der Waals surface area (Å²) in [5.41, 5.74) is 3.73. The Kier molecular flexibility index (Phi) is 6.40. The van der Waals surface area contributed by atoms with Crippen LogP contribution in [0.15, 0.2) is 30.5 Å². The predicted molar refractivity (Wildman–Crippen MR) is 139 cm³/mol. The number of hydrogen-bond donors (Lipinski definition) is 1. The van der Waals surface area contributed by atoms with Crippen molar-refractivity contribution in [2.24, 2.45) is 5.92 Å². The molecule has 0 radical (unpaired) electrons. The van der Waals surface area contributed by atoms with E-state index in [2.05, 4.69) is 21.3 Å². The molecule has 2 amide bonds. The first kappa shape index (κ1) is 24.5. The van der Waals surface area contributed by atoms with E-state index in [0.29, 0.717) is 56.9 Å². The molecule has 5 rings (SSSR count). The third kappa shape index (κ3) is 4.42. The maximum Gasteiger partial charge on any atom is 0.256 e. The molecular weight excluding hydrogens is 478 g/mol. The highest BCUT2D eigenvalue weighted by Gasteiger charge is 2.37. The predicted octanol–water partition coefficient (Wildman–Crippen LogP) is 2.05. The number of nitrogens with one attached hydrogen (secondary N) is 1. The highest BCUT2D eigenvalue weighted by atomic mass is 32.2. The third-order valence-corrected chi connectivity index (χ3v) is 9.34. The highest BCUT2D eigenvalue weighted by Crippen LogP contribution is 2.36. The van der Waals surface area contributed by atoms with Crippen molar-refractivity contribution in [1.82, 2.24) is 15.2 Å². The SMILES string of the molecule is Cc1cnc(N2CCN(C(=O)c3ccc([C@@H]4C(=O)NCC4C)cc3N3CCCS3(=O)=O)CC2)c(C)c1. The molecule has 1 N–H and O–H groups in total. The minimum atomic E-state index is -3.50. The van der Waals surface area contributed by atoms with Gasteiger partial charge in [0, 0.05) is 45.5 Å². The Morgan fingerprint density at radius 3 is 2.44 bits per heavy atom. The van der Waals surface area contributed by atoms with Crippen molar-refractivity contribution in [3.05, 3.63) is 52.7 Å². The van der Waals surface area contributed by atoms with Crippen molar-refractivity contribution >= 4 is 33.3 Å². The number of carbonyl (C=O) groups excluding carboxylic acids is 2. The van der Waals surface area contributed by atoms with Crippen LogP contribution >= 0.6 is 0 Å². The maximum absolute atomic E-state index is 13.7. The quantitative estimate of drug-likeness (QED) is 0.674. The van der Waals surface area contributed by atoms with Gasteiger partial charge in [0.25, 0.3) is 5.91 Å². The van der Waals surface area contributed by atoms with Gasteiger partial charge >= 0.3 is 0 Å². The zero-order valence-corrected chi connectivity index (χ0v) is 21.8. The number of benzene rings is 1. The molecule has 0 bridgehead atoms. The van der Waals surface area contributed by atoms with Crippen LogP contribution in [-0.2, 0) is 14.8 Å². The van der Waals surface area contributed by atoms with Gasteiger partial charge in [-0.25, -0.2) is 13.4 Å². The Balaban J connectivity index is 1.42. The van der Waals surface area contributed by atoms with Crippen LogP contribution < -0.4 is 14.5 Å². The molecule has 0 saturated carbocycles. The molecule has 2 aromatic rings. The normalized spacial score (nSPS) is 23.8. The monoisotopic (exact) mass is 511 g/mol. The Hall–Kier alpha value is -3.14. The fourth-order valence-electron chi connectivity index (χ4n) is 5.60. The van der Waals surface area contributed by atoms with Crippen LogP contribution in [0.4, 0.5) is 11.5 Å². The zero-order chi connectivity index (χ0) is 25.6. The molecule has 3 aliphatic heterocycles. The molecule has 3 fully saturated rings. The van der Waals surface area contributed by atoms with E-state index in [9.17, 15) is 18.0 Å². The summed E-state index contributed by atoms with van der Waals surface area (Å²) in [6, 6.07) is 7.37. The Morgan fingerprint density at radius 2 is 1.83 bits per heavy atom. The fourth-order valence-corrected chi connectivity index (χ4v) is 7.17. The third-order valence-electron chi connectivity index (χ3n) is 7.48. The number of hydrogen-bond acceptors (Lipinski definition) is 6. The van der Waals surface area contributed by atoms with Crippen molar-refractivity contribution in [3.63, 3.8) is 0 Å². The zero-order valence-electron chi connectivity index (χ0n) is 21.0. The van der Waals surface area contributed by atoms with E-state index in [1.165, 1.54) is 4.31 Å². The molecule has 4 heterocycles. The van der Waals surface area contributed by atoms with Crippen LogP contribution in [0.25, 0.3) is 0 Å². The van der Waals surface area contributed by atoms with Gasteiger partial charge < -0.3 is 15.1 Å². The standard InChI is InChI=1S/C26H33N5O4S/c1-17-13-18(2)24(27-15-17)29-8-10-30(11-9-29)26(33)21-6-5-20(23-19(3)16-28-25(23)32)14-22(21)31-7-4-12-36(31,34)35/h5-6,13-15,19,23H,4,7-12,16H2,1-3H3,(H,28,32)/t19?,23-/m1/s1. The van der Waals surface area contributed by atoms with Gasteiger partial charge in [0.05, 0.1) is 22.9 Å². The number of sulfonamides is 1. The molecule has 0 spiro atoms. The van der Waals surface area contributed by atoms with Crippen LogP contribution in [0.3, 0.4) is 0 Å². The lowest BCUT2D eigenvalue weighted by Crippen LogP contribution is -2.49. The first-order valence-corrected chi connectivity index (χ1v) is 14.2. The molecule has 1 aromatic heterocycles. The lowest BCUT2D eigenvalue weighted by atomic mass is 9.88. The summed E-state index contributed by atoms with van der Waals surface area (Å²) in [6.07, 6.45) is 2.37. The number of nitrogens with zero attached hydrogens (tertiary/aromatic N) is 4. The van der Waals surface area contributed by atoms with Crippen molar-refractivity contribution in [1.29, 1.82) is 0 Å². The minimum Gasteiger partial charge on any atom is -0.355 e. The molecule has 1 aromatic carbocycles. The molecule has 2 atom stereocenters. The maximum atomic E-state index is 13.7. The summed E-state index contributed by atoms with van der Waals surface area (Å²) >= 11 is 0. The van der Waals surface area contributed by atoms with E-state index >= 15 is 0 Å². The van der Waals surface area contributed by atoms with E-state index in [4.69, 9.17) is 0 Å². The highest BCUT2D eigenvalue weighted by molar-refractivity contribution is 7.93. The van der Waals surface area contributed by atoms with Gasteiger partial charge in [-0.2, -0.15) is 0 Å². The number of piperazine rings is 1. The molecule has 3 saturated heterocycles. The molecule has 192 valence electrons. The van der Waals surface area contributed by atoms with E-state index in [1.54, 1.807) is 23.1 Å². The Bertz CT molecular complexity index is 1300. The van der Waals surface area contributed by atoms with Crippen molar-refractivity contribution in [2.45, 2.75) is 33.1 Å². The van der Waals surface area contributed by atoms with Gasteiger partial charge in [0.1, 0.15) is 5.82 Å². The van der Waals surface area contributed by atoms with Gasteiger partial charge in [-0.3, -0.25) is 13.9 Å². The summed E-state index contributed by atoms with van der Waals surface area (Å²) in [6.45, 7) is 9.32. The van der Waals surface area contributed by atoms with E-state index in [0.717, 1.165) is 22.5 Å². The smallest absolute Gasteiger partial charge is 0.256 e. The Labute approximate surface area is 212 Å². The van der Waals surface area contributed by atoms with Gasteiger partial charge in [-0.1, -0.05) is 19.1 Å². The molecule has 9 nitrogen and oxygen atoms in total. The van der Waals surface area contributed by atoms with Gasteiger partial charge in [-0.15, -0.1) is 0 Å². The molecule has 0 aliphatic carbocycles. The van der Waals surface area contributed by atoms with Crippen molar-refractivity contribution < 1.29 is 18.0 Å². The number of pyridine rings is 1. The van der Waals surface area contributed by atoms with Crippen LogP contribution in [0.5, 0.6) is 0 Å². The van der Waals surface area contributed by atoms with Gasteiger partial charge in [0.15, 0.2) is 0 Å². The average molecular weight is 512 g/mol. The van der Waals surface area contributed by atoms with E-state index in [1.807, 2.05) is 27.0 Å². The van der Waals surface area contributed by atoms with Crippen LogP contribution in [0.1, 0.15) is 46.3 Å². The number of rotatable bonds is 4. The van der Waals surface area contributed by atoms with Crippen LogP contribution in [-0.4, -0.2) is 75.1 Å². The minimum absolute atomic E-state index is 0.0621. The second-order valence-electron chi connectivity index (χ2n) is 10.2. The summed E-state index contributed by atoms with van der Waals surface area (Å²) < 4.78 is 27.0. The van der Waals surface area contributed by atoms with Gasteiger partial charge in [-0.05, 0) is 55.0 Å². The van der Waals surface area contributed by atoms with Crippen LogP contribution in [0.2, 0.25) is 0 Å². The molecule has 10 heteroatoms. The summed E-state index contributed by atoms with van der Waals surface area (Å²) in [4.78, 5) is 34.7. The average Bonchev–Trinajstić information content (AvgIpc) is 3.38. The number of carbonyl (C=O) groups is 2. The topological polar surface area (TPSA) is 103 Å². The lowest BCUT2D eigenvalue weighted by molar-refractivity contribution is -0.120. The molecular formula is C26H33N5O4S.